The number of methoxy groups -OCH3 is 1. The minimum Gasteiger partial charge on any atom is -0.496 e. The normalized spacial score (nSPS) is 20.4. The number of urea groups is 1. The first kappa shape index (κ1) is 19.8. The van der Waals surface area contributed by atoms with Crippen LogP contribution in [0.1, 0.15) is 31.1 Å². The SMILES string of the molecule is COc1ccc(S(=O)(=O)N[C@H](C)c2ccccn2)cc1[C@]1(C)NC(=O)NC1=O. The number of benzene rings is 1. The third-order valence-electron chi connectivity index (χ3n) is 4.53. The van der Waals surface area contributed by atoms with Gasteiger partial charge in [-0.25, -0.2) is 17.9 Å². The highest BCUT2D eigenvalue weighted by Gasteiger charge is 2.45. The van der Waals surface area contributed by atoms with E-state index in [1.165, 1.54) is 32.2 Å². The van der Waals surface area contributed by atoms with Crippen molar-refractivity contribution in [2.45, 2.75) is 30.3 Å². The predicted molar refractivity (Wildman–Crippen MR) is 100.0 cm³/mol. The molecule has 2 atom stereocenters. The number of rotatable bonds is 6. The lowest BCUT2D eigenvalue weighted by Crippen LogP contribution is -2.41. The Bertz CT molecular complexity index is 1030. The van der Waals surface area contributed by atoms with Crippen LogP contribution in [-0.2, 0) is 20.4 Å². The third-order valence-corrected chi connectivity index (χ3v) is 6.07. The molecule has 3 rings (SSSR count). The third kappa shape index (κ3) is 3.56. The molecule has 0 saturated carbocycles. The van der Waals surface area contributed by atoms with Gasteiger partial charge in [-0.3, -0.25) is 15.1 Å². The number of aromatic nitrogens is 1. The number of imide groups is 1. The van der Waals surface area contributed by atoms with Crippen molar-refractivity contribution in [2.24, 2.45) is 0 Å². The van der Waals surface area contributed by atoms with Crippen LogP contribution in [0.25, 0.3) is 0 Å². The summed E-state index contributed by atoms with van der Waals surface area (Å²) < 4.78 is 33.6. The molecule has 9 nitrogen and oxygen atoms in total. The van der Waals surface area contributed by atoms with Crippen LogP contribution >= 0.6 is 0 Å². The Morgan fingerprint density at radius 2 is 1.96 bits per heavy atom. The largest absolute Gasteiger partial charge is 0.496 e. The van der Waals surface area contributed by atoms with Crippen molar-refractivity contribution >= 4 is 22.0 Å². The van der Waals surface area contributed by atoms with Crippen LogP contribution in [0.15, 0.2) is 47.5 Å². The van der Waals surface area contributed by atoms with Gasteiger partial charge in [0.05, 0.1) is 23.7 Å². The summed E-state index contributed by atoms with van der Waals surface area (Å²) in [7, 11) is -2.54. The summed E-state index contributed by atoms with van der Waals surface area (Å²) in [6.07, 6.45) is 1.58. The summed E-state index contributed by atoms with van der Waals surface area (Å²) >= 11 is 0. The van der Waals surface area contributed by atoms with Crippen molar-refractivity contribution in [3.8, 4) is 5.75 Å². The van der Waals surface area contributed by atoms with Crippen molar-refractivity contribution in [1.82, 2.24) is 20.3 Å². The molecule has 3 amide bonds. The minimum atomic E-state index is -3.93. The van der Waals surface area contributed by atoms with Crippen molar-refractivity contribution in [3.63, 3.8) is 0 Å². The highest BCUT2D eigenvalue weighted by molar-refractivity contribution is 7.89. The van der Waals surface area contributed by atoms with Gasteiger partial charge in [-0.05, 0) is 44.2 Å². The molecule has 28 heavy (non-hydrogen) atoms. The molecule has 0 spiro atoms. The molecule has 0 bridgehead atoms. The monoisotopic (exact) mass is 404 g/mol. The first-order valence-corrected chi connectivity index (χ1v) is 9.91. The lowest BCUT2D eigenvalue weighted by atomic mass is 9.91. The molecule has 2 aromatic rings. The topological polar surface area (TPSA) is 126 Å². The number of amides is 3. The maximum absolute atomic E-state index is 12.9. The lowest BCUT2D eigenvalue weighted by molar-refractivity contribution is -0.123. The molecule has 0 radical (unpaired) electrons. The molecule has 1 aromatic heterocycles. The van der Waals surface area contributed by atoms with Gasteiger partial charge in [0.15, 0.2) is 0 Å². The Hall–Kier alpha value is -2.98. The highest BCUT2D eigenvalue weighted by Crippen LogP contribution is 2.34. The number of pyridine rings is 1. The zero-order valence-electron chi connectivity index (χ0n) is 15.5. The van der Waals surface area contributed by atoms with Gasteiger partial charge in [0.25, 0.3) is 5.91 Å². The van der Waals surface area contributed by atoms with Crippen molar-refractivity contribution < 1.29 is 22.7 Å². The van der Waals surface area contributed by atoms with Gasteiger partial charge in [-0.15, -0.1) is 0 Å². The summed E-state index contributed by atoms with van der Waals surface area (Å²) in [5.74, 6) is -0.322. The van der Waals surface area contributed by atoms with E-state index in [2.05, 4.69) is 20.3 Å². The van der Waals surface area contributed by atoms with Crippen LogP contribution in [0.5, 0.6) is 5.75 Å². The molecule has 1 aromatic carbocycles. The first-order chi connectivity index (χ1) is 13.2. The van der Waals surface area contributed by atoms with E-state index in [-0.39, 0.29) is 16.2 Å². The molecule has 2 heterocycles. The summed E-state index contributed by atoms with van der Waals surface area (Å²) in [6, 6.07) is 8.12. The van der Waals surface area contributed by atoms with Gasteiger partial charge in [-0.1, -0.05) is 6.07 Å². The second-order valence-corrected chi connectivity index (χ2v) is 8.21. The second kappa shape index (κ2) is 7.21. The van der Waals surface area contributed by atoms with Gasteiger partial charge in [-0.2, -0.15) is 0 Å². The van der Waals surface area contributed by atoms with Gasteiger partial charge < -0.3 is 10.1 Å². The molecule has 10 heteroatoms. The van der Waals surface area contributed by atoms with Crippen LogP contribution in [-0.4, -0.2) is 32.4 Å². The van der Waals surface area contributed by atoms with Gasteiger partial charge in [0.1, 0.15) is 11.3 Å². The number of nitrogens with zero attached hydrogens (tertiary/aromatic N) is 1. The van der Waals surface area contributed by atoms with Gasteiger partial charge in [0, 0.05) is 11.8 Å². The highest BCUT2D eigenvalue weighted by atomic mass is 32.2. The number of hydrogen-bond donors (Lipinski definition) is 3. The predicted octanol–water partition coefficient (Wildman–Crippen LogP) is 1.18. The van der Waals surface area contributed by atoms with E-state index in [9.17, 15) is 18.0 Å². The minimum absolute atomic E-state index is 0.0683. The van der Waals surface area contributed by atoms with E-state index < -0.39 is 33.5 Å². The molecule has 1 aliphatic rings. The van der Waals surface area contributed by atoms with Crippen LogP contribution < -0.4 is 20.1 Å². The number of carbonyl (C=O) groups is 2. The van der Waals surface area contributed by atoms with E-state index in [0.29, 0.717) is 5.69 Å². The summed E-state index contributed by atoms with van der Waals surface area (Å²) in [6.45, 7) is 3.15. The maximum Gasteiger partial charge on any atom is 0.322 e. The van der Waals surface area contributed by atoms with E-state index in [4.69, 9.17) is 4.74 Å². The fourth-order valence-electron chi connectivity index (χ4n) is 2.97. The molecule has 0 unspecified atom stereocenters. The van der Waals surface area contributed by atoms with E-state index in [1.807, 2.05) is 0 Å². The van der Waals surface area contributed by atoms with Crippen LogP contribution in [0.3, 0.4) is 0 Å². The number of hydrogen-bond acceptors (Lipinski definition) is 6. The standard InChI is InChI=1S/C18H20N4O5S/c1-11(14-6-4-5-9-19-14)22-28(25,26)12-7-8-15(27-3)13(10-12)18(2)16(23)20-17(24)21-18/h4-11,22H,1-3H3,(H2,20,21,23,24)/t11-,18+/m1/s1. The Balaban J connectivity index is 1.99. The first-order valence-electron chi connectivity index (χ1n) is 8.43. The lowest BCUT2D eigenvalue weighted by Gasteiger charge is -2.24. The van der Waals surface area contributed by atoms with E-state index in [1.54, 1.807) is 31.3 Å². The molecular weight excluding hydrogens is 384 g/mol. The molecular formula is C18H20N4O5S. The zero-order valence-corrected chi connectivity index (χ0v) is 16.3. The van der Waals surface area contributed by atoms with Crippen LogP contribution in [0, 0.1) is 0 Å². The molecule has 1 saturated heterocycles. The van der Waals surface area contributed by atoms with Crippen LogP contribution in [0.4, 0.5) is 4.79 Å². The average molecular weight is 404 g/mol. The fourth-order valence-corrected chi connectivity index (χ4v) is 4.21. The molecule has 1 fully saturated rings. The van der Waals surface area contributed by atoms with Crippen molar-refractivity contribution in [2.75, 3.05) is 7.11 Å². The Morgan fingerprint density at radius 1 is 1.21 bits per heavy atom. The molecule has 0 aliphatic carbocycles. The smallest absolute Gasteiger partial charge is 0.322 e. The number of nitrogens with one attached hydrogen (secondary N) is 3. The summed E-state index contributed by atoms with van der Waals surface area (Å²) in [5, 5.41) is 4.66. The van der Waals surface area contributed by atoms with E-state index in [0.717, 1.165) is 0 Å². The summed E-state index contributed by atoms with van der Waals surface area (Å²) in [4.78, 5) is 28.0. The molecule has 148 valence electrons. The van der Waals surface area contributed by atoms with E-state index >= 15 is 0 Å². The van der Waals surface area contributed by atoms with Crippen LogP contribution in [0.2, 0.25) is 0 Å². The van der Waals surface area contributed by atoms with Gasteiger partial charge in [0.2, 0.25) is 10.0 Å². The Morgan fingerprint density at radius 3 is 2.54 bits per heavy atom. The van der Waals surface area contributed by atoms with Gasteiger partial charge >= 0.3 is 6.03 Å². The summed E-state index contributed by atoms with van der Waals surface area (Å²) in [5.41, 5.74) is -0.665. The average Bonchev–Trinajstić information content (AvgIpc) is 2.94. The van der Waals surface area contributed by atoms with Crippen molar-refractivity contribution in [3.05, 3.63) is 53.9 Å². The Kier molecular flexibility index (Phi) is 5.09. The fraction of sp³-hybridized carbons (Fsp3) is 0.278. The van der Waals surface area contributed by atoms with Crippen molar-refractivity contribution in [1.29, 1.82) is 0 Å². The maximum atomic E-state index is 12.9. The number of sulfonamides is 1. The molecule has 1 aliphatic heterocycles. The Labute approximate surface area is 162 Å². The molecule has 3 N–H and O–H groups in total. The number of ether oxygens (including phenoxy) is 1. The zero-order chi connectivity index (χ0) is 20.5. The quantitative estimate of drug-likeness (QED) is 0.621. The number of carbonyl (C=O) groups excluding carboxylic acids is 2. The second-order valence-electron chi connectivity index (χ2n) is 6.49.